The number of amides is 1. The van der Waals surface area contributed by atoms with Gasteiger partial charge in [-0.15, -0.1) is 10.2 Å². The fourth-order valence-corrected chi connectivity index (χ4v) is 1.77. The molecule has 110 valence electrons. The van der Waals surface area contributed by atoms with Gasteiger partial charge in [-0.3, -0.25) is 4.79 Å². The average molecular weight is 284 g/mol. The van der Waals surface area contributed by atoms with E-state index >= 15 is 0 Å². The topological polar surface area (TPSA) is 66.9 Å². The molecule has 2 aromatic rings. The fraction of sp³-hybridized carbons (Fsp3) is 0.312. The smallest absolute Gasteiger partial charge is 0.272 e. The molecule has 2 rings (SSSR count). The van der Waals surface area contributed by atoms with E-state index in [9.17, 15) is 4.79 Å². The van der Waals surface area contributed by atoms with Crippen molar-refractivity contribution in [2.24, 2.45) is 0 Å². The van der Waals surface area contributed by atoms with Gasteiger partial charge in [0.15, 0.2) is 5.69 Å². The van der Waals surface area contributed by atoms with Crippen LogP contribution in [0.3, 0.4) is 0 Å². The SMILES string of the molecule is CC(C)(C)Nc1ccc(C(=O)NCc2ccccc2)nn1. The highest BCUT2D eigenvalue weighted by Gasteiger charge is 2.12. The van der Waals surface area contributed by atoms with E-state index in [1.807, 2.05) is 51.1 Å². The Morgan fingerprint density at radius 1 is 1.05 bits per heavy atom. The standard InChI is InChI=1S/C16H20N4O/c1-16(2,3)18-14-10-9-13(19-20-14)15(21)17-11-12-7-5-4-6-8-12/h4-10H,11H2,1-3H3,(H,17,21)(H,18,20). The van der Waals surface area contributed by atoms with Crippen LogP contribution in [0.2, 0.25) is 0 Å². The van der Waals surface area contributed by atoms with E-state index in [-0.39, 0.29) is 11.4 Å². The molecule has 21 heavy (non-hydrogen) atoms. The lowest BCUT2D eigenvalue weighted by Gasteiger charge is -2.20. The molecule has 0 atom stereocenters. The van der Waals surface area contributed by atoms with Crippen LogP contribution in [0, 0.1) is 0 Å². The van der Waals surface area contributed by atoms with Crippen LogP contribution in [-0.2, 0) is 6.54 Å². The normalized spacial score (nSPS) is 11.0. The van der Waals surface area contributed by atoms with Gasteiger partial charge in [-0.1, -0.05) is 30.3 Å². The molecule has 1 heterocycles. The predicted molar refractivity (Wildman–Crippen MR) is 83.0 cm³/mol. The molecule has 0 saturated heterocycles. The Kier molecular flexibility index (Phi) is 4.52. The van der Waals surface area contributed by atoms with Gasteiger partial charge < -0.3 is 10.6 Å². The number of hydrogen-bond donors (Lipinski definition) is 2. The Labute approximate surface area is 124 Å². The van der Waals surface area contributed by atoms with Crippen molar-refractivity contribution in [1.29, 1.82) is 0 Å². The minimum absolute atomic E-state index is 0.0915. The van der Waals surface area contributed by atoms with Gasteiger partial charge in [0.25, 0.3) is 5.91 Å². The van der Waals surface area contributed by atoms with Crippen molar-refractivity contribution in [2.75, 3.05) is 5.32 Å². The number of carbonyl (C=O) groups is 1. The molecule has 1 aromatic heterocycles. The van der Waals surface area contributed by atoms with Crippen molar-refractivity contribution in [3.8, 4) is 0 Å². The minimum Gasteiger partial charge on any atom is -0.364 e. The van der Waals surface area contributed by atoms with Crippen molar-refractivity contribution in [3.63, 3.8) is 0 Å². The second kappa shape index (κ2) is 6.35. The van der Waals surface area contributed by atoms with Crippen molar-refractivity contribution in [3.05, 3.63) is 53.7 Å². The van der Waals surface area contributed by atoms with Crippen molar-refractivity contribution in [1.82, 2.24) is 15.5 Å². The van der Waals surface area contributed by atoms with Crippen LogP contribution in [0.25, 0.3) is 0 Å². The van der Waals surface area contributed by atoms with E-state index in [0.717, 1.165) is 5.56 Å². The second-order valence-electron chi connectivity index (χ2n) is 5.85. The molecule has 2 N–H and O–H groups in total. The van der Waals surface area contributed by atoms with Crippen LogP contribution in [0.1, 0.15) is 36.8 Å². The van der Waals surface area contributed by atoms with Crippen LogP contribution in [0.15, 0.2) is 42.5 Å². The van der Waals surface area contributed by atoms with Crippen LogP contribution in [-0.4, -0.2) is 21.6 Å². The maximum absolute atomic E-state index is 12.0. The Bertz CT molecular complexity index is 588. The molecular weight excluding hydrogens is 264 g/mol. The van der Waals surface area contributed by atoms with E-state index in [1.165, 1.54) is 0 Å². The summed E-state index contributed by atoms with van der Waals surface area (Å²) in [5.74, 6) is 0.427. The molecule has 0 spiro atoms. The number of rotatable bonds is 4. The highest BCUT2D eigenvalue weighted by atomic mass is 16.1. The van der Waals surface area contributed by atoms with Gasteiger partial charge in [-0.2, -0.15) is 0 Å². The number of aromatic nitrogens is 2. The number of hydrogen-bond acceptors (Lipinski definition) is 4. The first-order valence-corrected chi connectivity index (χ1v) is 6.88. The molecule has 0 aliphatic rings. The lowest BCUT2D eigenvalue weighted by Crippen LogP contribution is -2.27. The van der Waals surface area contributed by atoms with E-state index in [0.29, 0.717) is 18.1 Å². The minimum atomic E-state index is -0.228. The third kappa shape index (κ3) is 4.87. The largest absolute Gasteiger partial charge is 0.364 e. The summed E-state index contributed by atoms with van der Waals surface area (Å²) in [6, 6.07) is 13.2. The van der Waals surface area contributed by atoms with Gasteiger partial charge >= 0.3 is 0 Å². The van der Waals surface area contributed by atoms with Crippen molar-refractivity contribution < 1.29 is 4.79 Å². The zero-order chi connectivity index (χ0) is 15.3. The average Bonchev–Trinajstić information content (AvgIpc) is 2.45. The highest BCUT2D eigenvalue weighted by Crippen LogP contribution is 2.10. The molecule has 1 amide bonds. The highest BCUT2D eigenvalue weighted by molar-refractivity contribution is 5.92. The Morgan fingerprint density at radius 3 is 2.33 bits per heavy atom. The van der Waals surface area contributed by atoms with Crippen molar-refractivity contribution >= 4 is 11.7 Å². The Morgan fingerprint density at radius 2 is 1.76 bits per heavy atom. The maximum Gasteiger partial charge on any atom is 0.272 e. The van der Waals surface area contributed by atoms with Crippen LogP contribution in [0.4, 0.5) is 5.82 Å². The summed E-state index contributed by atoms with van der Waals surface area (Å²) < 4.78 is 0. The van der Waals surface area contributed by atoms with E-state index < -0.39 is 0 Å². The number of nitrogens with one attached hydrogen (secondary N) is 2. The zero-order valence-corrected chi connectivity index (χ0v) is 12.6. The Balaban J connectivity index is 1.94. The van der Waals surface area contributed by atoms with Gasteiger partial charge in [0.1, 0.15) is 5.82 Å². The van der Waals surface area contributed by atoms with E-state index in [4.69, 9.17) is 0 Å². The van der Waals surface area contributed by atoms with Gasteiger partial charge in [-0.05, 0) is 38.5 Å². The molecule has 0 fully saturated rings. The predicted octanol–water partition coefficient (Wildman–Crippen LogP) is 2.62. The van der Waals surface area contributed by atoms with Gasteiger partial charge in [-0.25, -0.2) is 0 Å². The molecule has 0 saturated carbocycles. The fourth-order valence-electron chi connectivity index (χ4n) is 1.77. The summed E-state index contributed by atoms with van der Waals surface area (Å²) in [7, 11) is 0. The molecule has 0 radical (unpaired) electrons. The van der Waals surface area contributed by atoms with Gasteiger partial charge in [0.2, 0.25) is 0 Å². The molecular formula is C16H20N4O. The van der Waals surface area contributed by atoms with Gasteiger partial charge in [0, 0.05) is 12.1 Å². The van der Waals surface area contributed by atoms with E-state index in [1.54, 1.807) is 12.1 Å². The maximum atomic E-state index is 12.0. The summed E-state index contributed by atoms with van der Waals surface area (Å²) in [5.41, 5.74) is 1.27. The second-order valence-corrected chi connectivity index (χ2v) is 5.85. The number of benzene rings is 1. The Hall–Kier alpha value is -2.43. The van der Waals surface area contributed by atoms with Crippen molar-refractivity contribution in [2.45, 2.75) is 32.9 Å². The number of anilines is 1. The molecule has 0 aliphatic carbocycles. The third-order valence-corrected chi connectivity index (χ3v) is 2.70. The van der Waals surface area contributed by atoms with Crippen LogP contribution < -0.4 is 10.6 Å². The summed E-state index contributed by atoms with van der Waals surface area (Å²) >= 11 is 0. The molecule has 5 nitrogen and oxygen atoms in total. The third-order valence-electron chi connectivity index (χ3n) is 2.70. The molecule has 1 aromatic carbocycles. The van der Waals surface area contributed by atoms with E-state index in [2.05, 4.69) is 20.8 Å². The molecule has 5 heteroatoms. The first-order chi connectivity index (χ1) is 9.94. The quantitative estimate of drug-likeness (QED) is 0.905. The monoisotopic (exact) mass is 284 g/mol. The molecule has 0 aliphatic heterocycles. The zero-order valence-electron chi connectivity index (χ0n) is 12.6. The summed E-state index contributed by atoms with van der Waals surface area (Å²) in [6.45, 7) is 6.59. The molecule has 0 bridgehead atoms. The molecule has 0 unspecified atom stereocenters. The number of nitrogens with zero attached hydrogens (tertiary/aromatic N) is 2. The summed E-state index contributed by atoms with van der Waals surface area (Å²) in [5, 5.41) is 14.0. The first-order valence-electron chi connectivity index (χ1n) is 6.88. The summed E-state index contributed by atoms with van der Waals surface area (Å²) in [4.78, 5) is 12.0. The van der Waals surface area contributed by atoms with Crippen LogP contribution >= 0.6 is 0 Å². The van der Waals surface area contributed by atoms with Gasteiger partial charge in [0.05, 0.1) is 0 Å². The first kappa shape index (κ1) is 15.0. The lowest BCUT2D eigenvalue weighted by molar-refractivity contribution is 0.0945. The van der Waals surface area contributed by atoms with Crippen LogP contribution in [0.5, 0.6) is 0 Å². The number of carbonyl (C=O) groups excluding carboxylic acids is 1. The lowest BCUT2D eigenvalue weighted by atomic mass is 10.1. The summed E-state index contributed by atoms with van der Waals surface area (Å²) in [6.07, 6.45) is 0.